The summed E-state index contributed by atoms with van der Waals surface area (Å²) in [7, 11) is 0. The average molecular weight is 188 g/mol. The Hall–Kier alpha value is -0.950. The maximum atomic E-state index is 4.54. The molecule has 1 heteroatoms. The highest BCUT2D eigenvalue weighted by Crippen LogP contribution is 2.25. The average Bonchev–Trinajstić information content (AvgIpc) is 2.19. The molecule has 0 amide bonds. The van der Waals surface area contributed by atoms with Crippen LogP contribution in [0.1, 0.15) is 12.5 Å². The summed E-state index contributed by atoms with van der Waals surface area (Å²) in [5.41, 5.74) is 1.32. The molecule has 0 bridgehead atoms. The van der Waals surface area contributed by atoms with Gasteiger partial charge >= 0.3 is 0 Å². The molecule has 0 fully saturated rings. The highest BCUT2D eigenvalue weighted by atomic mass is 32.1. The maximum Gasteiger partial charge on any atom is 0.0151 e. The zero-order chi connectivity index (χ0) is 9.26. The molecule has 0 saturated heterocycles. The molecule has 2 aromatic carbocycles. The Morgan fingerprint density at radius 2 is 1.85 bits per heavy atom. The third kappa shape index (κ3) is 1.44. The van der Waals surface area contributed by atoms with E-state index in [4.69, 9.17) is 0 Å². The van der Waals surface area contributed by atoms with Gasteiger partial charge in [0.15, 0.2) is 0 Å². The molecule has 2 rings (SSSR count). The Bertz CT molecular complexity index is 432. The molecule has 0 aliphatic heterocycles. The van der Waals surface area contributed by atoms with Crippen molar-refractivity contribution in [2.45, 2.75) is 18.2 Å². The van der Waals surface area contributed by atoms with Crippen molar-refractivity contribution in [2.75, 3.05) is 0 Å². The van der Waals surface area contributed by atoms with Crippen LogP contribution in [0.25, 0.3) is 10.8 Å². The molecule has 2 aromatic rings. The summed E-state index contributed by atoms with van der Waals surface area (Å²) < 4.78 is 0. The second-order valence-electron chi connectivity index (χ2n) is 3.15. The van der Waals surface area contributed by atoms with E-state index in [0.717, 1.165) is 11.3 Å². The molecule has 0 radical (unpaired) electrons. The largest absolute Gasteiger partial charge is 0.143 e. The Labute approximate surface area is 84.0 Å². The minimum Gasteiger partial charge on any atom is -0.143 e. The summed E-state index contributed by atoms with van der Waals surface area (Å²) in [5, 5.41) is 2.52. The Morgan fingerprint density at radius 3 is 2.62 bits per heavy atom. The molecular weight excluding hydrogens is 176 g/mol. The Morgan fingerprint density at radius 1 is 1.08 bits per heavy atom. The second-order valence-corrected chi connectivity index (χ2v) is 3.60. The lowest BCUT2D eigenvalue weighted by atomic mass is 10.1. The summed E-state index contributed by atoms with van der Waals surface area (Å²) in [6.07, 6.45) is 1.05. The third-order valence-corrected chi connectivity index (χ3v) is 2.89. The van der Waals surface area contributed by atoms with Crippen LogP contribution in [0.5, 0.6) is 0 Å². The van der Waals surface area contributed by atoms with Crippen LogP contribution in [0, 0.1) is 0 Å². The van der Waals surface area contributed by atoms with Crippen molar-refractivity contribution < 1.29 is 0 Å². The molecule has 0 N–H and O–H groups in total. The number of hydrogen-bond donors (Lipinski definition) is 1. The molecule has 0 aliphatic rings. The van der Waals surface area contributed by atoms with Crippen molar-refractivity contribution in [3.05, 3.63) is 42.0 Å². The fraction of sp³-hybridized carbons (Fsp3) is 0.167. The van der Waals surface area contributed by atoms with Crippen LogP contribution < -0.4 is 0 Å². The molecule has 0 aromatic heterocycles. The van der Waals surface area contributed by atoms with Crippen LogP contribution in [0.4, 0.5) is 0 Å². The van der Waals surface area contributed by atoms with E-state index in [-0.39, 0.29) is 0 Å². The summed E-state index contributed by atoms with van der Waals surface area (Å²) in [6, 6.07) is 12.7. The number of fused-ring (bicyclic) bond motifs is 1. The van der Waals surface area contributed by atoms with Gasteiger partial charge in [-0.1, -0.05) is 43.3 Å². The van der Waals surface area contributed by atoms with Crippen molar-refractivity contribution in [2.24, 2.45) is 0 Å². The Balaban J connectivity index is 2.79. The van der Waals surface area contributed by atoms with E-state index in [1.165, 1.54) is 16.3 Å². The maximum absolute atomic E-state index is 4.54. The summed E-state index contributed by atoms with van der Waals surface area (Å²) in [6.45, 7) is 2.16. The molecule has 0 saturated carbocycles. The van der Waals surface area contributed by atoms with Crippen molar-refractivity contribution >= 4 is 23.4 Å². The first-order valence-electron chi connectivity index (χ1n) is 4.52. The zero-order valence-corrected chi connectivity index (χ0v) is 8.51. The van der Waals surface area contributed by atoms with Gasteiger partial charge in [-0.25, -0.2) is 0 Å². The lowest BCUT2D eigenvalue weighted by Crippen LogP contribution is -1.84. The monoisotopic (exact) mass is 188 g/mol. The lowest BCUT2D eigenvalue weighted by Gasteiger charge is -2.05. The number of thiol groups is 1. The summed E-state index contributed by atoms with van der Waals surface area (Å²) >= 11 is 4.54. The number of rotatable bonds is 1. The topological polar surface area (TPSA) is 0 Å². The third-order valence-electron chi connectivity index (χ3n) is 2.37. The molecular formula is C12H12S. The first-order chi connectivity index (χ1) is 6.33. The van der Waals surface area contributed by atoms with E-state index < -0.39 is 0 Å². The van der Waals surface area contributed by atoms with Crippen LogP contribution in [0.3, 0.4) is 0 Å². The predicted octanol–water partition coefficient (Wildman–Crippen LogP) is 3.69. The SMILES string of the molecule is CCc1ccc2ccccc2c1S. The number of benzene rings is 2. The van der Waals surface area contributed by atoms with Crippen LogP contribution in [-0.4, -0.2) is 0 Å². The van der Waals surface area contributed by atoms with Gasteiger partial charge in [0.1, 0.15) is 0 Å². The molecule has 13 heavy (non-hydrogen) atoms. The van der Waals surface area contributed by atoms with E-state index >= 15 is 0 Å². The van der Waals surface area contributed by atoms with Gasteiger partial charge in [-0.2, -0.15) is 0 Å². The van der Waals surface area contributed by atoms with Gasteiger partial charge in [0, 0.05) is 4.90 Å². The zero-order valence-electron chi connectivity index (χ0n) is 7.62. The van der Waals surface area contributed by atoms with E-state index in [2.05, 4.69) is 56.0 Å². The van der Waals surface area contributed by atoms with Gasteiger partial charge in [-0.15, -0.1) is 12.6 Å². The van der Waals surface area contributed by atoms with E-state index in [1.807, 2.05) is 0 Å². The lowest BCUT2D eigenvalue weighted by molar-refractivity contribution is 1.10. The van der Waals surface area contributed by atoms with Crippen LogP contribution in [0.2, 0.25) is 0 Å². The van der Waals surface area contributed by atoms with Gasteiger partial charge in [-0.3, -0.25) is 0 Å². The smallest absolute Gasteiger partial charge is 0.0151 e. The van der Waals surface area contributed by atoms with Gasteiger partial charge in [0.05, 0.1) is 0 Å². The van der Waals surface area contributed by atoms with E-state index in [0.29, 0.717) is 0 Å². The van der Waals surface area contributed by atoms with Gasteiger partial charge in [0.2, 0.25) is 0 Å². The van der Waals surface area contributed by atoms with Crippen molar-refractivity contribution in [1.82, 2.24) is 0 Å². The fourth-order valence-corrected chi connectivity index (χ4v) is 2.02. The van der Waals surface area contributed by atoms with Gasteiger partial charge in [0.25, 0.3) is 0 Å². The fourth-order valence-electron chi connectivity index (χ4n) is 1.59. The minimum atomic E-state index is 1.05. The van der Waals surface area contributed by atoms with E-state index in [1.54, 1.807) is 0 Å². The minimum absolute atomic E-state index is 1.05. The van der Waals surface area contributed by atoms with Gasteiger partial charge < -0.3 is 0 Å². The standard InChI is InChI=1S/C12H12S/c1-2-9-7-8-10-5-3-4-6-11(10)12(9)13/h3-8,13H,2H2,1H3. The van der Waals surface area contributed by atoms with Crippen LogP contribution >= 0.6 is 12.6 Å². The molecule has 0 unspecified atom stereocenters. The summed E-state index contributed by atoms with van der Waals surface area (Å²) in [4.78, 5) is 1.13. The quantitative estimate of drug-likeness (QED) is 0.648. The van der Waals surface area contributed by atoms with Crippen molar-refractivity contribution in [3.63, 3.8) is 0 Å². The predicted molar refractivity (Wildman–Crippen MR) is 60.6 cm³/mol. The molecule has 0 heterocycles. The van der Waals surface area contributed by atoms with Crippen LogP contribution in [-0.2, 0) is 6.42 Å². The normalized spacial score (nSPS) is 10.6. The molecule has 0 aliphatic carbocycles. The van der Waals surface area contributed by atoms with Crippen molar-refractivity contribution in [1.29, 1.82) is 0 Å². The van der Waals surface area contributed by atoms with Crippen molar-refractivity contribution in [3.8, 4) is 0 Å². The molecule has 0 spiro atoms. The van der Waals surface area contributed by atoms with Crippen LogP contribution in [0.15, 0.2) is 41.3 Å². The van der Waals surface area contributed by atoms with Gasteiger partial charge in [-0.05, 0) is 22.8 Å². The first-order valence-corrected chi connectivity index (χ1v) is 4.97. The Kier molecular flexibility index (Phi) is 2.28. The first kappa shape index (κ1) is 8.64. The highest BCUT2D eigenvalue weighted by molar-refractivity contribution is 7.80. The van der Waals surface area contributed by atoms with E-state index in [9.17, 15) is 0 Å². The molecule has 0 atom stereocenters. The highest BCUT2D eigenvalue weighted by Gasteiger charge is 2.00. The second kappa shape index (κ2) is 3.43. The molecule has 0 nitrogen and oxygen atoms in total. The number of hydrogen-bond acceptors (Lipinski definition) is 1. The molecule has 66 valence electrons. The number of aryl methyl sites for hydroxylation is 1. The summed E-state index contributed by atoms with van der Waals surface area (Å²) in [5.74, 6) is 0.